The molecule has 0 saturated carbocycles. The second-order valence-corrected chi connectivity index (χ2v) is 7.48. The van der Waals surface area contributed by atoms with Gasteiger partial charge in [-0.15, -0.1) is 0 Å². The van der Waals surface area contributed by atoms with Crippen molar-refractivity contribution in [3.8, 4) is 0 Å². The first-order valence-corrected chi connectivity index (χ1v) is 10.4. The van der Waals surface area contributed by atoms with Gasteiger partial charge in [0.2, 0.25) is 18.2 Å². The van der Waals surface area contributed by atoms with Crippen molar-refractivity contribution in [2.75, 3.05) is 18.9 Å². The number of carbonyl (C=O) groups excluding carboxylic acids is 4. The summed E-state index contributed by atoms with van der Waals surface area (Å²) in [6.45, 7) is 3.08. The first-order valence-electron chi connectivity index (χ1n) is 10.4. The van der Waals surface area contributed by atoms with Gasteiger partial charge in [0.1, 0.15) is 6.29 Å². The summed E-state index contributed by atoms with van der Waals surface area (Å²) < 4.78 is 0. The molecule has 3 amide bonds. The van der Waals surface area contributed by atoms with Crippen molar-refractivity contribution in [2.24, 2.45) is 5.73 Å². The van der Waals surface area contributed by atoms with Crippen molar-refractivity contribution in [1.82, 2.24) is 10.2 Å². The minimum Gasteiger partial charge on any atom is -0.330 e. The molecule has 0 aliphatic heterocycles. The summed E-state index contributed by atoms with van der Waals surface area (Å²) >= 11 is 0. The fourth-order valence-electron chi connectivity index (χ4n) is 3.11. The number of carbonyl (C=O) groups is 4. The maximum atomic E-state index is 12.3. The number of anilines is 1. The Balaban J connectivity index is 2.73. The highest BCUT2D eigenvalue weighted by molar-refractivity contribution is 5.93. The summed E-state index contributed by atoms with van der Waals surface area (Å²) in [5.74, 6) is -0.397. The Kier molecular flexibility index (Phi) is 12.2. The molecule has 0 heterocycles. The second-order valence-electron chi connectivity index (χ2n) is 7.48. The fraction of sp³-hybridized carbons (Fsp3) is 0.545. The quantitative estimate of drug-likeness (QED) is 0.297. The van der Waals surface area contributed by atoms with Crippen molar-refractivity contribution < 1.29 is 19.2 Å². The van der Waals surface area contributed by atoms with Crippen LogP contribution in [0.25, 0.3) is 0 Å². The van der Waals surface area contributed by atoms with Crippen LogP contribution in [-0.2, 0) is 20.9 Å². The third-order valence-corrected chi connectivity index (χ3v) is 5.14. The predicted octanol–water partition coefficient (Wildman–Crippen LogP) is 2.22. The van der Waals surface area contributed by atoms with Gasteiger partial charge in [-0.3, -0.25) is 29.4 Å². The number of hydrogen-bond donors (Lipinski definition) is 3. The topological polar surface area (TPSA) is 122 Å². The van der Waals surface area contributed by atoms with E-state index in [1.807, 2.05) is 18.9 Å². The van der Waals surface area contributed by atoms with Crippen LogP contribution < -0.4 is 16.4 Å². The Hall–Kier alpha value is -2.58. The van der Waals surface area contributed by atoms with Gasteiger partial charge in [0, 0.05) is 42.2 Å². The summed E-state index contributed by atoms with van der Waals surface area (Å²) in [7, 11) is 1.90. The number of nitrogens with one attached hydrogen (secondary N) is 2. The van der Waals surface area contributed by atoms with Gasteiger partial charge in [0.25, 0.3) is 0 Å². The van der Waals surface area contributed by atoms with Gasteiger partial charge < -0.3 is 11.1 Å². The van der Waals surface area contributed by atoms with Gasteiger partial charge in [-0.05, 0) is 45.8 Å². The molecule has 1 rings (SSSR count). The molecule has 8 nitrogen and oxygen atoms in total. The van der Waals surface area contributed by atoms with E-state index in [1.165, 1.54) is 0 Å². The number of imide groups is 1. The zero-order valence-corrected chi connectivity index (χ0v) is 18.0. The van der Waals surface area contributed by atoms with Crippen LogP contribution in [0.3, 0.4) is 0 Å². The standard InChI is InChI=1S/C22H34N4O4/c1-17(11-12-21(29)24-16-28)26(2)14-19-18(15-27)8-7-9-20(19)25-22(30)10-5-3-4-6-13-23/h7-9,15-17H,3-6,10-14,23H2,1-2H3,(H,25,30)(H,24,28,29). The van der Waals surface area contributed by atoms with Crippen molar-refractivity contribution in [1.29, 1.82) is 0 Å². The van der Waals surface area contributed by atoms with Gasteiger partial charge in [-0.2, -0.15) is 0 Å². The predicted molar refractivity (Wildman–Crippen MR) is 117 cm³/mol. The monoisotopic (exact) mass is 418 g/mol. The Bertz CT molecular complexity index is 708. The molecule has 1 atom stereocenters. The fourth-order valence-corrected chi connectivity index (χ4v) is 3.11. The summed E-state index contributed by atoms with van der Waals surface area (Å²) in [5, 5.41) is 5.06. The van der Waals surface area contributed by atoms with E-state index in [1.54, 1.807) is 18.2 Å². The molecule has 0 saturated heterocycles. The van der Waals surface area contributed by atoms with Crippen LogP contribution in [0.2, 0.25) is 0 Å². The Morgan fingerprint density at radius 1 is 1.10 bits per heavy atom. The molecular weight excluding hydrogens is 384 g/mol. The smallest absolute Gasteiger partial charge is 0.226 e. The van der Waals surface area contributed by atoms with E-state index in [4.69, 9.17) is 5.73 Å². The third kappa shape index (κ3) is 9.28. The van der Waals surface area contributed by atoms with Crippen molar-refractivity contribution >= 4 is 30.2 Å². The zero-order chi connectivity index (χ0) is 22.4. The summed E-state index contributed by atoms with van der Waals surface area (Å²) in [6, 6.07) is 5.30. The minimum absolute atomic E-state index is 0.0354. The lowest BCUT2D eigenvalue weighted by molar-refractivity contribution is -0.125. The lowest BCUT2D eigenvalue weighted by Crippen LogP contribution is -2.31. The molecule has 0 aliphatic carbocycles. The number of nitrogens with zero attached hydrogens (tertiary/aromatic N) is 1. The average Bonchev–Trinajstić information content (AvgIpc) is 2.73. The lowest BCUT2D eigenvalue weighted by atomic mass is 10.0. The van der Waals surface area contributed by atoms with E-state index in [2.05, 4.69) is 10.6 Å². The zero-order valence-electron chi connectivity index (χ0n) is 18.0. The van der Waals surface area contributed by atoms with Crippen molar-refractivity contribution in [2.45, 2.75) is 64.5 Å². The van der Waals surface area contributed by atoms with Crippen LogP contribution in [0.5, 0.6) is 0 Å². The van der Waals surface area contributed by atoms with E-state index in [0.29, 0.717) is 43.6 Å². The van der Waals surface area contributed by atoms with E-state index >= 15 is 0 Å². The molecule has 0 radical (unpaired) electrons. The largest absolute Gasteiger partial charge is 0.330 e. The second kappa shape index (κ2) is 14.4. The number of unbranched alkanes of at least 4 members (excludes halogenated alkanes) is 3. The first-order chi connectivity index (χ1) is 14.4. The molecule has 8 heteroatoms. The molecule has 1 aromatic rings. The molecule has 0 aliphatic rings. The maximum absolute atomic E-state index is 12.3. The molecule has 0 aromatic heterocycles. The Morgan fingerprint density at radius 3 is 2.50 bits per heavy atom. The van der Waals surface area contributed by atoms with Crippen LogP contribution in [0.4, 0.5) is 5.69 Å². The maximum Gasteiger partial charge on any atom is 0.226 e. The SMILES string of the molecule is CC(CCC(=O)NC=O)N(C)Cc1c(C=O)cccc1NC(=O)CCCCCCN. The minimum atomic E-state index is -0.321. The molecule has 4 N–H and O–H groups in total. The molecule has 1 aromatic carbocycles. The molecule has 0 bridgehead atoms. The number of rotatable bonds is 15. The van der Waals surface area contributed by atoms with Crippen LogP contribution in [0.1, 0.15) is 67.8 Å². The van der Waals surface area contributed by atoms with Gasteiger partial charge in [-0.25, -0.2) is 0 Å². The van der Waals surface area contributed by atoms with Gasteiger partial charge in [0.05, 0.1) is 0 Å². The normalized spacial score (nSPS) is 11.7. The number of benzene rings is 1. The van der Waals surface area contributed by atoms with Crippen molar-refractivity contribution in [3.05, 3.63) is 29.3 Å². The highest BCUT2D eigenvalue weighted by Crippen LogP contribution is 2.23. The first kappa shape index (κ1) is 25.5. The van der Waals surface area contributed by atoms with E-state index in [0.717, 1.165) is 37.5 Å². The highest BCUT2D eigenvalue weighted by atomic mass is 16.2. The Labute approximate surface area is 178 Å². The molecule has 1 unspecified atom stereocenters. The average molecular weight is 419 g/mol. The summed E-state index contributed by atoms with van der Waals surface area (Å²) in [6.07, 6.45) is 6.12. The number of amides is 3. The summed E-state index contributed by atoms with van der Waals surface area (Å²) in [5.41, 5.74) is 7.38. The molecule has 0 spiro atoms. The van der Waals surface area contributed by atoms with E-state index < -0.39 is 0 Å². The van der Waals surface area contributed by atoms with Crippen LogP contribution in [0.15, 0.2) is 18.2 Å². The molecular formula is C22H34N4O4. The van der Waals surface area contributed by atoms with Gasteiger partial charge in [0.15, 0.2) is 0 Å². The Morgan fingerprint density at radius 2 is 1.83 bits per heavy atom. The molecule has 30 heavy (non-hydrogen) atoms. The van der Waals surface area contributed by atoms with Crippen molar-refractivity contribution in [3.63, 3.8) is 0 Å². The molecule has 0 fully saturated rings. The number of hydrogen-bond acceptors (Lipinski definition) is 6. The highest BCUT2D eigenvalue weighted by Gasteiger charge is 2.17. The van der Waals surface area contributed by atoms with Crippen LogP contribution in [-0.4, -0.2) is 49.0 Å². The van der Waals surface area contributed by atoms with Crippen LogP contribution in [0, 0.1) is 0 Å². The van der Waals surface area contributed by atoms with Gasteiger partial charge in [-0.1, -0.05) is 25.0 Å². The summed E-state index contributed by atoms with van der Waals surface area (Å²) in [4.78, 5) is 47.7. The third-order valence-electron chi connectivity index (χ3n) is 5.14. The lowest BCUT2D eigenvalue weighted by Gasteiger charge is -2.26. The number of nitrogens with two attached hydrogens (primary N) is 1. The van der Waals surface area contributed by atoms with E-state index in [-0.39, 0.29) is 24.3 Å². The van der Waals surface area contributed by atoms with E-state index in [9.17, 15) is 19.2 Å². The van der Waals surface area contributed by atoms with Gasteiger partial charge >= 0.3 is 0 Å². The molecule has 166 valence electrons. The van der Waals surface area contributed by atoms with Crippen LogP contribution >= 0.6 is 0 Å². The number of aldehydes is 1.